The lowest BCUT2D eigenvalue weighted by atomic mass is 10.3. The predicted molar refractivity (Wildman–Crippen MR) is 88.5 cm³/mol. The minimum atomic E-state index is -0.449. The summed E-state index contributed by atoms with van der Waals surface area (Å²) in [7, 11) is 0. The number of hydrogen-bond acceptors (Lipinski definition) is 7. The van der Waals surface area contributed by atoms with Crippen molar-refractivity contribution in [3.05, 3.63) is 64.7 Å². The van der Waals surface area contributed by atoms with Gasteiger partial charge in [-0.3, -0.25) is 10.1 Å². The van der Waals surface area contributed by atoms with Gasteiger partial charge in [-0.05, 0) is 28.6 Å². The number of para-hydroxylation sites is 1. The fourth-order valence-corrected chi connectivity index (χ4v) is 2.69. The van der Waals surface area contributed by atoms with E-state index in [1.165, 1.54) is 23.9 Å². The number of benzene rings is 2. The Morgan fingerprint density at radius 1 is 1.17 bits per heavy atom. The van der Waals surface area contributed by atoms with Crippen LogP contribution in [0.15, 0.2) is 59.8 Å². The van der Waals surface area contributed by atoms with E-state index in [1.807, 2.05) is 30.3 Å². The molecule has 0 bridgehead atoms. The first-order valence-corrected chi connectivity index (χ1v) is 8.06. The number of thioether (sulfide) groups is 1. The molecular weight excluding hydrogens is 330 g/mol. The summed E-state index contributed by atoms with van der Waals surface area (Å²) in [6.07, 6.45) is 0. The van der Waals surface area contributed by atoms with Gasteiger partial charge in [-0.15, -0.1) is 5.10 Å². The van der Waals surface area contributed by atoms with E-state index in [0.29, 0.717) is 23.3 Å². The molecule has 0 aliphatic carbocycles. The highest BCUT2D eigenvalue weighted by Gasteiger charge is 2.09. The van der Waals surface area contributed by atoms with E-state index in [9.17, 15) is 10.1 Å². The van der Waals surface area contributed by atoms with Crippen LogP contribution in [0.4, 0.5) is 5.69 Å². The average molecular weight is 343 g/mol. The zero-order valence-electron chi connectivity index (χ0n) is 12.5. The lowest BCUT2D eigenvalue weighted by Crippen LogP contribution is -2.03. The number of tetrazole rings is 1. The maximum atomic E-state index is 10.7. The average Bonchev–Trinajstić information content (AvgIpc) is 3.08. The molecule has 0 saturated heterocycles. The predicted octanol–water partition coefficient (Wildman–Crippen LogP) is 2.74. The van der Waals surface area contributed by atoms with Crippen LogP contribution in [-0.2, 0) is 0 Å². The number of rotatable bonds is 7. The summed E-state index contributed by atoms with van der Waals surface area (Å²) < 4.78 is 7.19. The molecule has 122 valence electrons. The molecule has 0 N–H and O–H groups in total. The van der Waals surface area contributed by atoms with Crippen LogP contribution >= 0.6 is 11.8 Å². The maximum Gasteiger partial charge on any atom is 0.273 e. The molecular formula is C15H13N5O3S. The Kier molecular flexibility index (Phi) is 5.02. The summed E-state index contributed by atoms with van der Waals surface area (Å²) in [4.78, 5) is 10.3. The van der Waals surface area contributed by atoms with Crippen molar-refractivity contribution in [2.75, 3.05) is 12.4 Å². The minimum Gasteiger partial charge on any atom is -0.492 e. The fourth-order valence-electron chi connectivity index (χ4n) is 1.98. The lowest BCUT2D eigenvalue weighted by Gasteiger charge is -2.06. The van der Waals surface area contributed by atoms with E-state index in [1.54, 1.807) is 16.8 Å². The Morgan fingerprint density at radius 2 is 2.00 bits per heavy atom. The van der Waals surface area contributed by atoms with Gasteiger partial charge in [-0.25, -0.2) is 0 Å². The highest BCUT2D eigenvalue weighted by molar-refractivity contribution is 7.99. The van der Waals surface area contributed by atoms with E-state index in [-0.39, 0.29) is 5.69 Å². The zero-order valence-corrected chi connectivity index (χ0v) is 13.3. The van der Waals surface area contributed by atoms with Gasteiger partial charge in [0.05, 0.1) is 23.3 Å². The van der Waals surface area contributed by atoms with E-state index in [0.717, 1.165) is 5.69 Å². The molecule has 0 fully saturated rings. The zero-order chi connectivity index (χ0) is 16.8. The molecule has 2 aromatic carbocycles. The second kappa shape index (κ2) is 7.55. The Bertz CT molecular complexity index is 825. The highest BCUT2D eigenvalue weighted by atomic mass is 32.2. The Hall–Kier alpha value is -2.94. The second-order valence-corrected chi connectivity index (χ2v) is 5.72. The smallest absolute Gasteiger partial charge is 0.273 e. The Balaban J connectivity index is 1.56. The van der Waals surface area contributed by atoms with Crippen LogP contribution < -0.4 is 4.74 Å². The Labute approximate surface area is 141 Å². The molecule has 0 radical (unpaired) electrons. The van der Waals surface area contributed by atoms with Crippen molar-refractivity contribution in [3.63, 3.8) is 0 Å². The van der Waals surface area contributed by atoms with E-state index in [2.05, 4.69) is 15.5 Å². The van der Waals surface area contributed by atoms with Crippen LogP contribution in [0.2, 0.25) is 0 Å². The summed E-state index contributed by atoms with van der Waals surface area (Å²) in [6.45, 7) is 0.382. The Morgan fingerprint density at radius 3 is 2.79 bits per heavy atom. The number of nitro benzene ring substituents is 1. The van der Waals surface area contributed by atoms with E-state index >= 15 is 0 Å². The first-order chi connectivity index (χ1) is 11.7. The molecule has 0 aliphatic heterocycles. The van der Waals surface area contributed by atoms with Crippen LogP contribution in [-0.4, -0.2) is 37.5 Å². The quantitative estimate of drug-likeness (QED) is 0.282. The van der Waals surface area contributed by atoms with Gasteiger partial charge in [0.1, 0.15) is 5.75 Å². The van der Waals surface area contributed by atoms with Gasteiger partial charge >= 0.3 is 0 Å². The SMILES string of the molecule is O=[N+]([O-])c1cccc(OCCSc2nnnn2-c2ccccc2)c1. The fraction of sp³-hybridized carbons (Fsp3) is 0.133. The molecule has 1 aromatic heterocycles. The molecule has 24 heavy (non-hydrogen) atoms. The summed E-state index contributed by atoms with van der Waals surface area (Å²) >= 11 is 1.45. The molecule has 8 nitrogen and oxygen atoms in total. The number of nitrogens with zero attached hydrogens (tertiary/aromatic N) is 5. The number of hydrogen-bond donors (Lipinski definition) is 0. The van der Waals surface area contributed by atoms with E-state index in [4.69, 9.17) is 4.74 Å². The topological polar surface area (TPSA) is 96.0 Å². The van der Waals surface area contributed by atoms with Gasteiger partial charge in [0, 0.05) is 11.8 Å². The largest absolute Gasteiger partial charge is 0.492 e. The second-order valence-electron chi connectivity index (χ2n) is 4.66. The van der Waals surface area contributed by atoms with Gasteiger partial charge < -0.3 is 4.74 Å². The van der Waals surface area contributed by atoms with Crippen molar-refractivity contribution in [3.8, 4) is 11.4 Å². The molecule has 3 rings (SSSR count). The minimum absolute atomic E-state index is 0.00757. The van der Waals surface area contributed by atoms with Crippen molar-refractivity contribution in [2.45, 2.75) is 5.16 Å². The molecule has 0 aliphatic rings. The summed E-state index contributed by atoms with van der Waals surface area (Å²) in [5.41, 5.74) is 0.887. The summed E-state index contributed by atoms with van der Waals surface area (Å²) in [5, 5.41) is 23.0. The number of nitro groups is 1. The third kappa shape index (κ3) is 3.87. The highest BCUT2D eigenvalue weighted by Crippen LogP contribution is 2.21. The van der Waals surface area contributed by atoms with Crippen molar-refractivity contribution >= 4 is 17.4 Å². The van der Waals surface area contributed by atoms with Crippen molar-refractivity contribution < 1.29 is 9.66 Å². The monoisotopic (exact) mass is 343 g/mol. The summed E-state index contributed by atoms with van der Waals surface area (Å²) in [5.74, 6) is 1.07. The van der Waals surface area contributed by atoms with Crippen LogP contribution in [0.5, 0.6) is 5.75 Å². The normalized spacial score (nSPS) is 10.5. The van der Waals surface area contributed by atoms with Crippen molar-refractivity contribution in [2.24, 2.45) is 0 Å². The third-order valence-electron chi connectivity index (χ3n) is 3.05. The first-order valence-electron chi connectivity index (χ1n) is 7.08. The van der Waals surface area contributed by atoms with Gasteiger partial charge in [0.25, 0.3) is 5.69 Å². The van der Waals surface area contributed by atoms with Gasteiger partial charge in [0.2, 0.25) is 5.16 Å². The van der Waals surface area contributed by atoms with E-state index < -0.39 is 4.92 Å². The molecule has 0 amide bonds. The third-order valence-corrected chi connectivity index (χ3v) is 3.94. The molecule has 0 unspecified atom stereocenters. The number of non-ortho nitro benzene ring substituents is 1. The van der Waals surface area contributed by atoms with Crippen molar-refractivity contribution in [1.29, 1.82) is 0 Å². The van der Waals surface area contributed by atoms with Crippen LogP contribution in [0, 0.1) is 10.1 Å². The van der Waals surface area contributed by atoms with Crippen molar-refractivity contribution in [1.82, 2.24) is 20.2 Å². The molecule has 0 saturated carbocycles. The van der Waals surface area contributed by atoms with Crippen LogP contribution in [0.1, 0.15) is 0 Å². The van der Waals surface area contributed by atoms with Gasteiger partial charge in [-0.2, -0.15) is 4.68 Å². The molecule has 0 atom stereocenters. The maximum absolute atomic E-state index is 10.7. The molecule has 1 heterocycles. The standard InChI is InChI=1S/C15H13N5O3S/c21-20(22)13-7-4-8-14(11-13)23-9-10-24-15-16-17-18-19(15)12-5-2-1-3-6-12/h1-8,11H,9-10H2. The molecule has 0 spiro atoms. The number of ether oxygens (including phenoxy) is 1. The summed E-state index contributed by atoms with van der Waals surface area (Å²) in [6, 6.07) is 15.7. The lowest BCUT2D eigenvalue weighted by molar-refractivity contribution is -0.384. The van der Waals surface area contributed by atoms with Gasteiger partial charge in [-0.1, -0.05) is 36.0 Å². The number of aromatic nitrogens is 4. The van der Waals surface area contributed by atoms with Crippen LogP contribution in [0.3, 0.4) is 0 Å². The van der Waals surface area contributed by atoms with Gasteiger partial charge in [0.15, 0.2) is 0 Å². The molecule has 9 heteroatoms. The van der Waals surface area contributed by atoms with Crippen LogP contribution in [0.25, 0.3) is 5.69 Å². The first kappa shape index (κ1) is 15.9. The molecule has 3 aromatic rings.